The summed E-state index contributed by atoms with van der Waals surface area (Å²) >= 11 is 1.40. The molecule has 2 aromatic heterocycles. The van der Waals surface area contributed by atoms with Crippen molar-refractivity contribution in [2.24, 2.45) is 0 Å². The lowest BCUT2D eigenvalue weighted by Crippen LogP contribution is -2.13. The molecule has 0 aliphatic carbocycles. The summed E-state index contributed by atoms with van der Waals surface area (Å²) in [5.74, 6) is 0.986. The van der Waals surface area contributed by atoms with Crippen LogP contribution in [-0.2, 0) is 6.42 Å². The minimum absolute atomic E-state index is 0.238. The first kappa shape index (κ1) is 23.5. The van der Waals surface area contributed by atoms with Crippen LogP contribution in [0.2, 0.25) is 0 Å². The third-order valence-corrected chi connectivity index (χ3v) is 6.78. The van der Waals surface area contributed by atoms with Crippen LogP contribution in [0.5, 0.6) is 11.5 Å². The van der Waals surface area contributed by atoms with Gasteiger partial charge in [0, 0.05) is 21.9 Å². The van der Waals surface area contributed by atoms with Crippen LogP contribution in [0.25, 0.3) is 33.4 Å². The first-order valence-corrected chi connectivity index (χ1v) is 12.5. The fourth-order valence-corrected chi connectivity index (χ4v) is 4.76. The van der Waals surface area contributed by atoms with Gasteiger partial charge >= 0.3 is 0 Å². The Balaban J connectivity index is 1.48. The molecule has 3 aromatic carbocycles. The Kier molecular flexibility index (Phi) is 6.64. The molecule has 1 amide bonds. The van der Waals surface area contributed by atoms with Crippen molar-refractivity contribution in [3.63, 3.8) is 0 Å². The smallest absolute Gasteiger partial charge is 0.258 e. The van der Waals surface area contributed by atoms with E-state index in [4.69, 9.17) is 14.5 Å². The lowest BCUT2D eigenvalue weighted by molar-refractivity contribution is 0.102. The fraction of sp³-hybridized carbons (Fsp3) is 0.138. The predicted molar refractivity (Wildman–Crippen MR) is 145 cm³/mol. The van der Waals surface area contributed by atoms with Gasteiger partial charge in [-0.2, -0.15) is 0 Å². The second-order valence-corrected chi connectivity index (χ2v) is 9.04. The van der Waals surface area contributed by atoms with E-state index in [0.717, 1.165) is 34.1 Å². The number of carbonyl (C=O) groups excluding carboxylic acids is 1. The number of hydrogen-bond acceptors (Lipinski definition) is 6. The fourth-order valence-electron chi connectivity index (χ4n) is 4.05. The molecule has 0 aliphatic rings. The van der Waals surface area contributed by atoms with Crippen molar-refractivity contribution in [3.05, 3.63) is 89.3 Å². The number of thiazole rings is 1. The molecule has 0 fully saturated rings. The van der Waals surface area contributed by atoms with Gasteiger partial charge in [-0.1, -0.05) is 49.4 Å². The average molecular weight is 496 g/mol. The van der Waals surface area contributed by atoms with E-state index >= 15 is 0 Å². The number of fused-ring (bicyclic) bond motifs is 1. The monoisotopic (exact) mass is 495 g/mol. The zero-order valence-corrected chi connectivity index (χ0v) is 21.1. The number of aryl methyl sites for hydroxylation is 1. The largest absolute Gasteiger partial charge is 0.493 e. The maximum atomic E-state index is 13.4. The van der Waals surface area contributed by atoms with Gasteiger partial charge in [0.2, 0.25) is 0 Å². The van der Waals surface area contributed by atoms with Crippen molar-refractivity contribution >= 4 is 33.3 Å². The minimum atomic E-state index is -0.238. The molecule has 0 aliphatic heterocycles. The second kappa shape index (κ2) is 10.2. The quantitative estimate of drug-likeness (QED) is 0.267. The van der Waals surface area contributed by atoms with Crippen LogP contribution in [0.15, 0.2) is 78.2 Å². The summed E-state index contributed by atoms with van der Waals surface area (Å²) in [5, 5.41) is 6.25. The summed E-state index contributed by atoms with van der Waals surface area (Å²) in [6.07, 6.45) is 0.990. The zero-order chi connectivity index (χ0) is 25.1. The molecule has 0 unspecified atom stereocenters. The van der Waals surface area contributed by atoms with Crippen LogP contribution < -0.4 is 14.8 Å². The van der Waals surface area contributed by atoms with E-state index in [0.29, 0.717) is 27.9 Å². The van der Waals surface area contributed by atoms with E-state index < -0.39 is 0 Å². The van der Waals surface area contributed by atoms with Gasteiger partial charge in [0.1, 0.15) is 0 Å². The lowest BCUT2D eigenvalue weighted by atomic mass is 10.0. The second-order valence-electron chi connectivity index (χ2n) is 8.18. The summed E-state index contributed by atoms with van der Waals surface area (Å²) in [4.78, 5) is 22.9. The summed E-state index contributed by atoms with van der Waals surface area (Å²) in [5.41, 5.74) is 5.87. The topological polar surface area (TPSA) is 73.3 Å². The molecule has 0 bridgehead atoms. The van der Waals surface area contributed by atoms with Crippen LogP contribution in [0.3, 0.4) is 0 Å². The van der Waals surface area contributed by atoms with Gasteiger partial charge in [-0.25, -0.2) is 9.97 Å². The van der Waals surface area contributed by atoms with Crippen LogP contribution in [0, 0.1) is 0 Å². The first-order chi connectivity index (χ1) is 17.6. The number of methoxy groups -OCH3 is 2. The molecule has 7 heteroatoms. The molecule has 0 spiro atoms. The van der Waals surface area contributed by atoms with Gasteiger partial charge in [0.25, 0.3) is 5.91 Å². The third-order valence-electron chi connectivity index (χ3n) is 6.02. The van der Waals surface area contributed by atoms with Crippen LogP contribution in [-0.4, -0.2) is 30.1 Å². The normalized spacial score (nSPS) is 10.9. The highest BCUT2D eigenvalue weighted by atomic mass is 32.1. The number of hydrogen-bond donors (Lipinski definition) is 1. The SMILES string of the molecule is CCc1ccc(-c2csc(NC(=O)c3cc(-c4ccc(OC)c(OC)c4)nc4ccccc34)n2)cc1. The molecule has 0 saturated heterocycles. The number of amides is 1. The first-order valence-electron chi connectivity index (χ1n) is 11.6. The standard InChI is InChI=1S/C29H25N3O3S/c1-4-18-9-11-19(12-10-18)25-17-36-29(31-25)32-28(33)22-16-24(30-23-8-6-5-7-21(22)23)20-13-14-26(34-2)27(15-20)35-3/h5-17H,4H2,1-3H3,(H,31,32,33). The Morgan fingerprint density at radius 1 is 0.861 bits per heavy atom. The highest BCUT2D eigenvalue weighted by Crippen LogP contribution is 2.33. The maximum Gasteiger partial charge on any atom is 0.258 e. The number of pyridine rings is 1. The molecule has 36 heavy (non-hydrogen) atoms. The summed E-state index contributed by atoms with van der Waals surface area (Å²) in [7, 11) is 3.19. The van der Waals surface area contributed by atoms with E-state index in [9.17, 15) is 4.79 Å². The summed E-state index contributed by atoms with van der Waals surface area (Å²) in [6, 6.07) is 23.3. The van der Waals surface area contributed by atoms with Crippen molar-refractivity contribution in [2.45, 2.75) is 13.3 Å². The van der Waals surface area contributed by atoms with Gasteiger partial charge < -0.3 is 9.47 Å². The van der Waals surface area contributed by atoms with Crippen LogP contribution in [0.4, 0.5) is 5.13 Å². The van der Waals surface area contributed by atoms with E-state index in [1.165, 1.54) is 16.9 Å². The van der Waals surface area contributed by atoms with Crippen molar-refractivity contribution in [1.82, 2.24) is 9.97 Å². The van der Waals surface area contributed by atoms with Crippen molar-refractivity contribution in [1.29, 1.82) is 0 Å². The Morgan fingerprint density at radius 3 is 2.36 bits per heavy atom. The minimum Gasteiger partial charge on any atom is -0.493 e. The van der Waals surface area contributed by atoms with E-state index in [1.807, 2.05) is 47.8 Å². The Hall–Kier alpha value is -4.23. The Morgan fingerprint density at radius 2 is 1.61 bits per heavy atom. The van der Waals surface area contributed by atoms with E-state index in [1.54, 1.807) is 20.3 Å². The number of benzene rings is 3. The molecule has 5 rings (SSSR count). The van der Waals surface area contributed by atoms with Gasteiger partial charge in [-0.05, 0) is 42.3 Å². The molecular weight excluding hydrogens is 470 g/mol. The number of aromatic nitrogens is 2. The number of nitrogens with one attached hydrogen (secondary N) is 1. The third kappa shape index (κ3) is 4.65. The molecule has 2 heterocycles. The highest BCUT2D eigenvalue weighted by Gasteiger charge is 2.17. The highest BCUT2D eigenvalue weighted by molar-refractivity contribution is 7.14. The van der Waals surface area contributed by atoms with Crippen molar-refractivity contribution < 1.29 is 14.3 Å². The number of para-hydroxylation sites is 1. The van der Waals surface area contributed by atoms with E-state index in [-0.39, 0.29) is 5.91 Å². The molecular formula is C29H25N3O3S. The van der Waals surface area contributed by atoms with Gasteiger partial charge in [-0.15, -0.1) is 11.3 Å². The van der Waals surface area contributed by atoms with Gasteiger partial charge in [-0.3, -0.25) is 10.1 Å². The lowest BCUT2D eigenvalue weighted by Gasteiger charge is -2.12. The summed E-state index contributed by atoms with van der Waals surface area (Å²) in [6.45, 7) is 2.13. The van der Waals surface area contributed by atoms with Crippen molar-refractivity contribution in [2.75, 3.05) is 19.5 Å². The number of rotatable bonds is 7. The van der Waals surface area contributed by atoms with Gasteiger partial charge in [0.15, 0.2) is 16.6 Å². The van der Waals surface area contributed by atoms with Crippen LogP contribution >= 0.6 is 11.3 Å². The van der Waals surface area contributed by atoms with Crippen LogP contribution in [0.1, 0.15) is 22.8 Å². The average Bonchev–Trinajstić information content (AvgIpc) is 3.40. The Bertz CT molecular complexity index is 1540. The molecule has 5 aromatic rings. The van der Waals surface area contributed by atoms with Gasteiger partial charge in [0.05, 0.1) is 36.7 Å². The number of anilines is 1. The summed E-state index contributed by atoms with van der Waals surface area (Å²) < 4.78 is 10.8. The van der Waals surface area contributed by atoms with E-state index in [2.05, 4.69) is 41.5 Å². The zero-order valence-electron chi connectivity index (χ0n) is 20.2. The predicted octanol–water partition coefficient (Wildman–Crippen LogP) is 6.86. The molecule has 1 N–H and O–H groups in total. The maximum absolute atomic E-state index is 13.4. The molecule has 0 saturated carbocycles. The number of ether oxygens (including phenoxy) is 2. The number of carbonyl (C=O) groups is 1. The molecule has 180 valence electrons. The molecule has 0 radical (unpaired) electrons. The molecule has 6 nitrogen and oxygen atoms in total. The Labute approximate surface area is 213 Å². The van der Waals surface area contributed by atoms with Crippen molar-refractivity contribution in [3.8, 4) is 34.0 Å². The number of nitrogens with zero attached hydrogens (tertiary/aromatic N) is 2. The molecule has 0 atom stereocenters.